The number of amides is 1. The fourth-order valence-corrected chi connectivity index (χ4v) is 2.41. The van der Waals surface area contributed by atoms with Crippen molar-refractivity contribution in [3.63, 3.8) is 0 Å². The number of nitrogens with one attached hydrogen (secondary N) is 1. The minimum Gasteiger partial charge on any atom is -0.465 e. The number of carbonyl (C=O) groups is 2. The van der Waals surface area contributed by atoms with Crippen molar-refractivity contribution < 1.29 is 14.3 Å². The van der Waals surface area contributed by atoms with Gasteiger partial charge in [-0.1, -0.05) is 26.8 Å². The van der Waals surface area contributed by atoms with Gasteiger partial charge in [-0.2, -0.15) is 0 Å². The molecule has 0 saturated heterocycles. The Balaban J connectivity index is 2.69. The third-order valence-corrected chi connectivity index (χ3v) is 3.54. The van der Waals surface area contributed by atoms with Gasteiger partial charge in [-0.3, -0.25) is 9.59 Å². The first-order chi connectivity index (χ1) is 8.86. The third kappa shape index (κ3) is 4.67. The minimum absolute atomic E-state index is 0.278. The van der Waals surface area contributed by atoms with Crippen LogP contribution >= 0.6 is 11.3 Å². The van der Waals surface area contributed by atoms with Crippen LogP contribution in [-0.4, -0.2) is 18.5 Å². The number of hydrogen-bond acceptors (Lipinski definition) is 4. The van der Waals surface area contributed by atoms with Crippen molar-refractivity contribution in [3.05, 3.63) is 22.4 Å². The lowest BCUT2D eigenvalue weighted by Gasteiger charge is -2.27. The molecule has 0 saturated carbocycles. The second kappa shape index (κ2) is 6.70. The maximum atomic E-state index is 12.2. The highest BCUT2D eigenvalue weighted by Gasteiger charge is 2.38. The molecule has 1 N–H and O–H groups in total. The molecule has 1 amide bonds. The molecule has 0 aliphatic carbocycles. The van der Waals surface area contributed by atoms with Crippen LogP contribution < -0.4 is 5.32 Å². The van der Waals surface area contributed by atoms with E-state index >= 15 is 0 Å². The van der Waals surface area contributed by atoms with Gasteiger partial charge >= 0.3 is 5.97 Å². The van der Waals surface area contributed by atoms with E-state index in [-0.39, 0.29) is 12.5 Å². The molecular formula is C14H21NO3S. The molecule has 0 aliphatic rings. The van der Waals surface area contributed by atoms with Crippen LogP contribution in [0.4, 0.5) is 0 Å². The molecule has 0 spiro atoms. The molecule has 106 valence electrons. The lowest BCUT2D eigenvalue weighted by Crippen LogP contribution is -2.43. The Hall–Kier alpha value is -1.36. The number of esters is 1. The Bertz CT molecular complexity index is 420. The zero-order valence-electron chi connectivity index (χ0n) is 11.9. The fraction of sp³-hybridized carbons (Fsp3) is 0.571. The molecule has 1 unspecified atom stereocenters. The van der Waals surface area contributed by atoms with Gasteiger partial charge in [-0.15, -0.1) is 11.3 Å². The Morgan fingerprint density at radius 2 is 2.11 bits per heavy atom. The minimum atomic E-state index is -0.785. The van der Waals surface area contributed by atoms with Crippen molar-refractivity contribution in [2.75, 3.05) is 6.61 Å². The first kappa shape index (κ1) is 15.7. The van der Waals surface area contributed by atoms with Crippen molar-refractivity contribution in [2.45, 2.75) is 34.2 Å². The van der Waals surface area contributed by atoms with E-state index in [1.165, 1.54) is 0 Å². The number of hydrogen-bond donors (Lipinski definition) is 1. The van der Waals surface area contributed by atoms with Gasteiger partial charge in [0.15, 0.2) is 0 Å². The highest BCUT2D eigenvalue weighted by molar-refractivity contribution is 7.09. The number of ether oxygens (including phenoxy) is 1. The molecule has 1 atom stereocenters. The van der Waals surface area contributed by atoms with Crippen molar-refractivity contribution in [2.24, 2.45) is 11.3 Å². The zero-order valence-corrected chi connectivity index (χ0v) is 12.7. The Morgan fingerprint density at radius 1 is 1.42 bits per heavy atom. The van der Waals surface area contributed by atoms with Gasteiger partial charge in [-0.25, -0.2) is 0 Å². The molecule has 1 rings (SSSR count). The van der Waals surface area contributed by atoms with E-state index in [1.54, 1.807) is 18.3 Å². The average molecular weight is 283 g/mol. The number of rotatable bonds is 5. The normalized spacial score (nSPS) is 12.8. The van der Waals surface area contributed by atoms with Crippen molar-refractivity contribution in [1.29, 1.82) is 0 Å². The van der Waals surface area contributed by atoms with E-state index in [0.717, 1.165) is 4.88 Å². The molecule has 0 aliphatic heterocycles. The first-order valence-electron chi connectivity index (χ1n) is 6.33. The summed E-state index contributed by atoms with van der Waals surface area (Å²) in [7, 11) is 0. The molecule has 0 aromatic carbocycles. The second-order valence-corrected chi connectivity index (χ2v) is 6.38. The van der Waals surface area contributed by atoms with Crippen LogP contribution in [0.25, 0.3) is 0 Å². The van der Waals surface area contributed by atoms with Crippen LogP contribution in [-0.2, 0) is 20.9 Å². The SMILES string of the molecule is CCOC(=O)C(C(=O)NCc1cccs1)C(C)(C)C. The highest BCUT2D eigenvalue weighted by atomic mass is 32.1. The molecular weight excluding hydrogens is 262 g/mol. The van der Waals surface area contributed by atoms with Crippen LogP contribution in [0.15, 0.2) is 17.5 Å². The van der Waals surface area contributed by atoms with Crippen LogP contribution in [0.5, 0.6) is 0 Å². The molecule has 0 radical (unpaired) electrons. The summed E-state index contributed by atoms with van der Waals surface area (Å²) in [5.41, 5.74) is -0.466. The molecule has 5 heteroatoms. The van der Waals surface area contributed by atoms with Crippen LogP contribution in [0.2, 0.25) is 0 Å². The largest absolute Gasteiger partial charge is 0.465 e. The molecule has 0 fully saturated rings. The first-order valence-corrected chi connectivity index (χ1v) is 7.21. The van der Waals surface area contributed by atoms with Crippen molar-refractivity contribution >= 4 is 23.2 Å². The summed E-state index contributed by atoms with van der Waals surface area (Å²) < 4.78 is 4.99. The summed E-state index contributed by atoms with van der Waals surface area (Å²) in [4.78, 5) is 25.2. The lowest BCUT2D eigenvalue weighted by atomic mass is 9.80. The van der Waals surface area contributed by atoms with Gasteiger partial charge in [0.25, 0.3) is 0 Å². The lowest BCUT2D eigenvalue weighted by molar-refractivity contribution is -0.156. The van der Waals surface area contributed by atoms with E-state index in [9.17, 15) is 9.59 Å². The second-order valence-electron chi connectivity index (χ2n) is 5.35. The topological polar surface area (TPSA) is 55.4 Å². The van der Waals surface area contributed by atoms with Crippen LogP contribution in [0.1, 0.15) is 32.6 Å². The van der Waals surface area contributed by atoms with Crippen LogP contribution in [0, 0.1) is 11.3 Å². The molecule has 19 heavy (non-hydrogen) atoms. The molecule has 1 aromatic heterocycles. The van der Waals surface area contributed by atoms with E-state index in [1.807, 2.05) is 38.3 Å². The van der Waals surface area contributed by atoms with Crippen molar-refractivity contribution in [1.82, 2.24) is 5.32 Å². The highest BCUT2D eigenvalue weighted by Crippen LogP contribution is 2.27. The van der Waals surface area contributed by atoms with Gasteiger partial charge in [0, 0.05) is 4.88 Å². The van der Waals surface area contributed by atoms with Gasteiger partial charge in [0.2, 0.25) is 5.91 Å². The van der Waals surface area contributed by atoms with Crippen LogP contribution in [0.3, 0.4) is 0 Å². The van der Waals surface area contributed by atoms with Gasteiger partial charge in [0.05, 0.1) is 13.2 Å². The smallest absolute Gasteiger partial charge is 0.319 e. The molecule has 1 aromatic rings. The Morgan fingerprint density at radius 3 is 2.58 bits per heavy atom. The standard InChI is InChI=1S/C14H21NO3S/c1-5-18-13(17)11(14(2,3)4)12(16)15-9-10-7-6-8-19-10/h6-8,11H,5,9H2,1-4H3,(H,15,16). The van der Waals surface area contributed by atoms with Gasteiger partial charge in [0.1, 0.15) is 5.92 Å². The summed E-state index contributed by atoms with van der Waals surface area (Å²) >= 11 is 1.57. The predicted octanol–water partition coefficient (Wildman–Crippen LogP) is 2.59. The maximum absolute atomic E-state index is 12.2. The summed E-state index contributed by atoms with van der Waals surface area (Å²) in [5, 5.41) is 4.75. The number of thiophene rings is 1. The monoisotopic (exact) mass is 283 g/mol. The van der Waals surface area contributed by atoms with E-state index in [0.29, 0.717) is 6.54 Å². The summed E-state index contributed by atoms with van der Waals surface area (Å²) in [6, 6.07) is 3.88. The van der Waals surface area contributed by atoms with Gasteiger partial charge in [-0.05, 0) is 23.8 Å². The molecule has 4 nitrogen and oxygen atoms in total. The van der Waals surface area contributed by atoms with E-state index < -0.39 is 17.3 Å². The summed E-state index contributed by atoms with van der Waals surface area (Å²) in [6.07, 6.45) is 0. The maximum Gasteiger partial charge on any atom is 0.319 e. The van der Waals surface area contributed by atoms with E-state index in [2.05, 4.69) is 5.32 Å². The molecule has 1 heterocycles. The van der Waals surface area contributed by atoms with Gasteiger partial charge < -0.3 is 10.1 Å². The number of carbonyl (C=O) groups excluding carboxylic acids is 2. The fourth-order valence-electron chi connectivity index (χ4n) is 1.77. The Labute approximate surface area is 118 Å². The molecule has 0 bridgehead atoms. The van der Waals surface area contributed by atoms with Crippen molar-refractivity contribution in [3.8, 4) is 0 Å². The Kier molecular flexibility index (Phi) is 5.54. The predicted molar refractivity (Wildman–Crippen MR) is 75.7 cm³/mol. The quantitative estimate of drug-likeness (QED) is 0.667. The summed E-state index contributed by atoms with van der Waals surface area (Å²) in [6.45, 7) is 8.05. The third-order valence-electron chi connectivity index (χ3n) is 2.67. The zero-order chi connectivity index (χ0) is 14.5. The summed E-state index contributed by atoms with van der Waals surface area (Å²) in [5.74, 6) is -1.52. The average Bonchev–Trinajstić information content (AvgIpc) is 2.77. The van der Waals surface area contributed by atoms with E-state index in [4.69, 9.17) is 4.74 Å².